The van der Waals surface area contributed by atoms with Crippen LogP contribution in [0.15, 0.2) is 60.8 Å². The number of ether oxygens (including phenoxy) is 1. The topological polar surface area (TPSA) is 80.3 Å². The van der Waals surface area contributed by atoms with Crippen molar-refractivity contribution in [3.05, 3.63) is 71.9 Å². The number of nitrogens with one attached hydrogen (secondary N) is 2. The van der Waals surface area contributed by atoms with Crippen LogP contribution >= 0.6 is 0 Å². The summed E-state index contributed by atoms with van der Waals surface area (Å²) in [5.41, 5.74) is 1.78. The van der Waals surface area contributed by atoms with Crippen LogP contribution in [0.25, 0.3) is 10.8 Å². The van der Waals surface area contributed by atoms with Crippen molar-refractivity contribution in [3.8, 4) is 5.88 Å². The molecule has 32 heavy (non-hydrogen) atoms. The maximum Gasteiger partial charge on any atom is 0.243 e. The first-order valence-electron chi connectivity index (χ1n) is 11.0. The van der Waals surface area contributed by atoms with Gasteiger partial charge in [0.25, 0.3) is 0 Å². The number of carbonyl (C=O) groups excluding carboxylic acids is 2. The van der Waals surface area contributed by atoms with Gasteiger partial charge < -0.3 is 15.4 Å². The van der Waals surface area contributed by atoms with Gasteiger partial charge in [0.05, 0.1) is 12.5 Å². The molecule has 168 valence electrons. The lowest BCUT2D eigenvalue weighted by molar-refractivity contribution is -0.129. The lowest BCUT2D eigenvalue weighted by Crippen LogP contribution is -2.49. The van der Waals surface area contributed by atoms with Crippen LogP contribution in [0.4, 0.5) is 0 Å². The molecular formula is C26H31N3O3. The van der Waals surface area contributed by atoms with E-state index >= 15 is 0 Å². The Morgan fingerprint density at radius 3 is 2.31 bits per heavy atom. The first-order valence-corrected chi connectivity index (χ1v) is 11.0. The van der Waals surface area contributed by atoms with Gasteiger partial charge in [0.15, 0.2) is 0 Å². The van der Waals surface area contributed by atoms with E-state index in [1.165, 1.54) is 0 Å². The standard InChI is InChI=1S/C26H31N3O3/c1-17(2)25(26(31)28-16-20-10-12-24(27-15-20)32-18(3)4)29-23(30)14-19-9-11-21-7-5-6-8-22(21)13-19/h5-13,15,17-18,25H,14,16H2,1-4H3,(H,28,31)(H,29,30). The van der Waals surface area contributed by atoms with Crippen LogP contribution in [0.5, 0.6) is 5.88 Å². The summed E-state index contributed by atoms with van der Waals surface area (Å²) in [6.45, 7) is 8.05. The Kier molecular flexibility index (Phi) is 7.82. The van der Waals surface area contributed by atoms with Crippen molar-refractivity contribution in [3.63, 3.8) is 0 Å². The predicted molar refractivity (Wildman–Crippen MR) is 126 cm³/mol. The van der Waals surface area contributed by atoms with Crippen molar-refractivity contribution in [1.82, 2.24) is 15.6 Å². The van der Waals surface area contributed by atoms with E-state index in [1.807, 2.05) is 76.2 Å². The molecule has 0 saturated carbocycles. The minimum atomic E-state index is -0.612. The fourth-order valence-corrected chi connectivity index (χ4v) is 3.42. The van der Waals surface area contributed by atoms with Crippen LogP contribution in [-0.4, -0.2) is 28.9 Å². The zero-order valence-electron chi connectivity index (χ0n) is 19.1. The monoisotopic (exact) mass is 433 g/mol. The number of hydrogen-bond acceptors (Lipinski definition) is 4. The molecule has 0 saturated heterocycles. The lowest BCUT2D eigenvalue weighted by atomic mass is 10.0. The van der Waals surface area contributed by atoms with Gasteiger partial charge in [0, 0.05) is 18.8 Å². The molecule has 0 fully saturated rings. The van der Waals surface area contributed by atoms with Crippen molar-refractivity contribution in [2.45, 2.75) is 52.8 Å². The third-order valence-corrected chi connectivity index (χ3v) is 5.06. The van der Waals surface area contributed by atoms with Gasteiger partial charge in [-0.2, -0.15) is 0 Å². The summed E-state index contributed by atoms with van der Waals surface area (Å²) >= 11 is 0. The molecule has 2 N–H and O–H groups in total. The molecule has 0 aliphatic rings. The number of aromatic nitrogens is 1. The van der Waals surface area contributed by atoms with E-state index in [2.05, 4.69) is 15.6 Å². The number of amides is 2. The Morgan fingerprint density at radius 1 is 0.938 bits per heavy atom. The minimum Gasteiger partial charge on any atom is -0.475 e. The smallest absolute Gasteiger partial charge is 0.243 e. The van der Waals surface area contributed by atoms with Gasteiger partial charge in [0.2, 0.25) is 17.7 Å². The Hall–Kier alpha value is -3.41. The molecule has 1 atom stereocenters. The molecule has 0 radical (unpaired) electrons. The highest BCUT2D eigenvalue weighted by molar-refractivity contribution is 5.89. The number of pyridine rings is 1. The highest BCUT2D eigenvalue weighted by Gasteiger charge is 2.24. The van der Waals surface area contributed by atoms with Crippen LogP contribution < -0.4 is 15.4 Å². The van der Waals surface area contributed by atoms with E-state index in [0.717, 1.165) is 21.9 Å². The lowest BCUT2D eigenvalue weighted by Gasteiger charge is -2.22. The van der Waals surface area contributed by atoms with Gasteiger partial charge in [-0.15, -0.1) is 0 Å². The molecular weight excluding hydrogens is 402 g/mol. The Bertz CT molecular complexity index is 1060. The van der Waals surface area contributed by atoms with Gasteiger partial charge in [-0.1, -0.05) is 62.4 Å². The van der Waals surface area contributed by atoms with Crippen LogP contribution in [-0.2, 0) is 22.6 Å². The van der Waals surface area contributed by atoms with Gasteiger partial charge >= 0.3 is 0 Å². The second-order valence-corrected chi connectivity index (χ2v) is 8.54. The zero-order chi connectivity index (χ0) is 23.1. The van der Waals surface area contributed by atoms with Crippen LogP contribution in [0.3, 0.4) is 0 Å². The fourth-order valence-electron chi connectivity index (χ4n) is 3.42. The number of carbonyl (C=O) groups is 2. The summed E-state index contributed by atoms with van der Waals surface area (Å²) in [5, 5.41) is 8.02. The number of nitrogens with zero attached hydrogens (tertiary/aromatic N) is 1. The first-order chi connectivity index (χ1) is 15.3. The second kappa shape index (κ2) is 10.8. The largest absolute Gasteiger partial charge is 0.475 e. The molecule has 3 aromatic rings. The average molecular weight is 434 g/mol. The number of rotatable bonds is 9. The molecule has 0 aliphatic carbocycles. The number of benzene rings is 2. The molecule has 0 spiro atoms. The van der Waals surface area contributed by atoms with Crippen molar-refractivity contribution in [1.29, 1.82) is 0 Å². The number of hydrogen-bond donors (Lipinski definition) is 2. The highest BCUT2D eigenvalue weighted by atomic mass is 16.5. The van der Waals surface area contributed by atoms with Gasteiger partial charge in [-0.25, -0.2) is 4.98 Å². The van der Waals surface area contributed by atoms with E-state index in [1.54, 1.807) is 12.3 Å². The molecule has 1 aromatic heterocycles. The Labute approximate surface area is 189 Å². The zero-order valence-corrected chi connectivity index (χ0v) is 19.1. The SMILES string of the molecule is CC(C)Oc1ccc(CNC(=O)C(NC(=O)Cc2ccc3ccccc3c2)C(C)C)cn1. The van der Waals surface area contributed by atoms with Gasteiger partial charge in [-0.05, 0) is 41.7 Å². The van der Waals surface area contributed by atoms with E-state index in [-0.39, 0.29) is 30.3 Å². The van der Waals surface area contributed by atoms with E-state index in [9.17, 15) is 9.59 Å². The molecule has 0 aliphatic heterocycles. The van der Waals surface area contributed by atoms with Crippen molar-refractivity contribution < 1.29 is 14.3 Å². The molecule has 6 heteroatoms. The predicted octanol–water partition coefficient (Wildman–Crippen LogP) is 4.02. The summed E-state index contributed by atoms with van der Waals surface area (Å²) in [4.78, 5) is 29.7. The summed E-state index contributed by atoms with van der Waals surface area (Å²) in [6.07, 6.45) is 1.96. The molecule has 3 rings (SSSR count). The molecule has 1 unspecified atom stereocenters. The summed E-state index contributed by atoms with van der Waals surface area (Å²) < 4.78 is 5.53. The minimum absolute atomic E-state index is 0.0458. The normalized spacial score (nSPS) is 12.1. The molecule has 0 bridgehead atoms. The second-order valence-electron chi connectivity index (χ2n) is 8.54. The average Bonchev–Trinajstić information content (AvgIpc) is 2.76. The summed E-state index contributed by atoms with van der Waals surface area (Å²) in [5.74, 6) is 0.118. The van der Waals surface area contributed by atoms with Crippen LogP contribution in [0, 0.1) is 5.92 Å². The maximum atomic E-state index is 12.8. The maximum absolute atomic E-state index is 12.8. The van der Waals surface area contributed by atoms with Gasteiger partial charge in [0.1, 0.15) is 6.04 Å². The highest BCUT2D eigenvalue weighted by Crippen LogP contribution is 2.16. The van der Waals surface area contributed by atoms with Crippen LogP contribution in [0.1, 0.15) is 38.8 Å². The van der Waals surface area contributed by atoms with E-state index in [4.69, 9.17) is 4.74 Å². The molecule has 2 amide bonds. The Balaban J connectivity index is 1.56. The summed E-state index contributed by atoms with van der Waals surface area (Å²) in [6, 6.07) is 17.0. The third-order valence-electron chi connectivity index (χ3n) is 5.06. The molecule has 6 nitrogen and oxygen atoms in total. The molecule has 2 aromatic carbocycles. The quantitative estimate of drug-likeness (QED) is 0.534. The van der Waals surface area contributed by atoms with E-state index < -0.39 is 6.04 Å². The van der Waals surface area contributed by atoms with E-state index in [0.29, 0.717) is 12.4 Å². The third kappa shape index (κ3) is 6.54. The summed E-state index contributed by atoms with van der Waals surface area (Å²) in [7, 11) is 0. The fraction of sp³-hybridized carbons (Fsp3) is 0.346. The number of fused-ring (bicyclic) bond motifs is 1. The first kappa shape index (κ1) is 23.3. The van der Waals surface area contributed by atoms with Crippen molar-refractivity contribution in [2.75, 3.05) is 0 Å². The van der Waals surface area contributed by atoms with Crippen molar-refractivity contribution >= 4 is 22.6 Å². The van der Waals surface area contributed by atoms with Crippen LogP contribution in [0.2, 0.25) is 0 Å². The van der Waals surface area contributed by atoms with Gasteiger partial charge in [-0.3, -0.25) is 9.59 Å². The Morgan fingerprint density at radius 2 is 1.66 bits per heavy atom. The van der Waals surface area contributed by atoms with Crippen molar-refractivity contribution in [2.24, 2.45) is 5.92 Å². The molecule has 1 heterocycles.